The third kappa shape index (κ3) is 3.28. The van der Waals surface area contributed by atoms with Crippen LogP contribution in [0.15, 0.2) is 12.5 Å². The molecule has 1 amide bonds. The van der Waals surface area contributed by atoms with Crippen molar-refractivity contribution in [2.45, 2.75) is 26.3 Å². The van der Waals surface area contributed by atoms with Crippen LogP contribution in [0, 0.1) is 13.8 Å². The van der Waals surface area contributed by atoms with Gasteiger partial charge in [0.2, 0.25) is 0 Å². The van der Waals surface area contributed by atoms with E-state index in [0.717, 1.165) is 5.69 Å². The third-order valence-corrected chi connectivity index (χ3v) is 3.13. The zero-order valence-electron chi connectivity index (χ0n) is 12.1. The first-order valence-electron chi connectivity index (χ1n) is 6.40. The van der Waals surface area contributed by atoms with E-state index >= 15 is 0 Å². The second-order valence-electron chi connectivity index (χ2n) is 4.64. The van der Waals surface area contributed by atoms with Gasteiger partial charge >= 0.3 is 5.97 Å². The Labute approximate surface area is 121 Å². The van der Waals surface area contributed by atoms with Crippen molar-refractivity contribution >= 4 is 11.9 Å². The van der Waals surface area contributed by atoms with Crippen LogP contribution in [0.4, 0.5) is 0 Å². The van der Waals surface area contributed by atoms with E-state index in [2.05, 4.69) is 25.5 Å². The topological polar surface area (TPSA) is 113 Å². The van der Waals surface area contributed by atoms with Crippen molar-refractivity contribution in [1.29, 1.82) is 0 Å². The molecule has 0 aliphatic heterocycles. The summed E-state index contributed by atoms with van der Waals surface area (Å²) in [5.41, 5.74) is 2.39. The highest BCUT2D eigenvalue weighted by molar-refractivity contribution is 5.98. The molecule has 0 fully saturated rings. The normalized spacial score (nSPS) is 12.0. The second kappa shape index (κ2) is 6.21. The average molecular weight is 291 g/mol. The van der Waals surface area contributed by atoms with E-state index in [4.69, 9.17) is 4.74 Å². The van der Waals surface area contributed by atoms with Crippen molar-refractivity contribution in [3.63, 3.8) is 0 Å². The Morgan fingerprint density at radius 1 is 1.43 bits per heavy atom. The lowest BCUT2D eigenvalue weighted by molar-refractivity contribution is -0.142. The number of rotatable bonds is 5. The number of carbonyl (C=O) groups excluding carboxylic acids is 2. The van der Waals surface area contributed by atoms with Crippen LogP contribution < -0.4 is 5.32 Å². The molecule has 2 heterocycles. The van der Waals surface area contributed by atoms with Gasteiger partial charge < -0.3 is 15.0 Å². The summed E-state index contributed by atoms with van der Waals surface area (Å²) in [5, 5.41) is 9.37. The fourth-order valence-electron chi connectivity index (χ4n) is 2.07. The predicted octanol–water partition coefficient (Wildman–Crippen LogP) is 0.264. The summed E-state index contributed by atoms with van der Waals surface area (Å²) in [6.45, 7) is 3.47. The molecule has 0 saturated heterocycles. The number of hydrogen-bond donors (Lipinski definition) is 3. The van der Waals surface area contributed by atoms with Crippen LogP contribution >= 0.6 is 0 Å². The Morgan fingerprint density at radius 3 is 2.71 bits per heavy atom. The zero-order chi connectivity index (χ0) is 15.4. The van der Waals surface area contributed by atoms with Gasteiger partial charge in [-0.25, -0.2) is 9.78 Å². The van der Waals surface area contributed by atoms with Gasteiger partial charge in [0.15, 0.2) is 0 Å². The van der Waals surface area contributed by atoms with E-state index in [1.54, 1.807) is 20.0 Å². The minimum Gasteiger partial charge on any atom is -0.467 e. The van der Waals surface area contributed by atoms with E-state index in [9.17, 15) is 9.59 Å². The number of ether oxygens (including phenoxy) is 1. The molecular weight excluding hydrogens is 274 g/mol. The summed E-state index contributed by atoms with van der Waals surface area (Å²) in [7, 11) is 1.28. The smallest absolute Gasteiger partial charge is 0.328 e. The number of nitrogens with one attached hydrogen (secondary N) is 3. The molecule has 0 radical (unpaired) electrons. The molecule has 112 valence electrons. The minimum absolute atomic E-state index is 0.272. The molecule has 2 aromatic rings. The van der Waals surface area contributed by atoms with Crippen LogP contribution in [0.3, 0.4) is 0 Å². The van der Waals surface area contributed by atoms with Gasteiger partial charge in [-0.15, -0.1) is 0 Å². The van der Waals surface area contributed by atoms with E-state index in [-0.39, 0.29) is 12.3 Å². The maximum Gasteiger partial charge on any atom is 0.328 e. The summed E-state index contributed by atoms with van der Waals surface area (Å²) < 4.78 is 4.73. The lowest BCUT2D eigenvalue weighted by atomic mass is 10.1. The average Bonchev–Trinajstić information content (AvgIpc) is 3.07. The van der Waals surface area contributed by atoms with E-state index in [1.165, 1.54) is 13.4 Å². The first-order chi connectivity index (χ1) is 10.0. The molecule has 0 aliphatic carbocycles. The van der Waals surface area contributed by atoms with E-state index < -0.39 is 12.0 Å². The van der Waals surface area contributed by atoms with Crippen molar-refractivity contribution < 1.29 is 14.3 Å². The highest BCUT2D eigenvalue weighted by Crippen LogP contribution is 2.10. The Morgan fingerprint density at radius 2 is 2.19 bits per heavy atom. The van der Waals surface area contributed by atoms with Crippen molar-refractivity contribution in [3.05, 3.63) is 35.2 Å². The SMILES string of the molecule is COC(=O)[C@H](Cc1cnc[nH]1)NC(=O)c1c(C)n[nH]c1C. The number of esters is 1. The number of aromatic nitrogens is 4. The number of amides is 1. The van der Waals surface area contributed by atoms with Gasteiger partial charge in [-0.05, 0) is 13.8 Å². The third-order valence-electron chi connectivity index (χ3n) is 3.13. The van der Waals surface area contributed by atoms with Gasteiger partial charge in [-0.3, -0.25) is 9.89 Å². The summed E-state index contributed by atoms with van der Waals surface area (Å²) >= 11 is 0. The Kier molecular flexibility index (Phi) is 4.36. The van der Waals surface area contributed by atoms with E-state index in [0.29, 0.717) is 17.0 Å². The molecule has 2 rings (SSSR count). The Hall–Kier alpha value is -2.64. The highest BCUT2D eigenvalue weighted by Gasteiger charge is 2.25. The van der Waals surface area contributed by atoms with Gasteiger partial charge in [-0.1, -0.05) is 0 Å². The summed E-state index contributed by atoms with van der Waals surface area (Å²) in [6, 6.07) is -0.795. The van der Waals surface area contributed by atoms with Gasteiger partial charge in [0.05, 0.1) is 24.7 Å². The number of methoxy groups -OCH3 is 1. The van der Waals surface area contributed by atoms with Crippen LogP contribution in [-0.4, -0.2) is 45.2 Å². The highest BCUT2D eigenvalue weighted by atomic mass is 16.5. The van der Waals surface area contributed by atoms with Crippen molar-refractivity contribution in [2.24, 2.45) is 0 Å². The van der Waals surface area contributed by atoms with Gasteiger partial charge in [0.1, 0.15) is 6.04 Å². The summed E-state index contributed by atoms with van der Waals surface area (Å²) in [5.74, 6) is -0.884. The lowest BCUT2D eigenvalue weighted by Crippen LogP contribution is -2.43. The second-order valence-corrected chi connectivity index (χ2v) is 4.64. The first-order valence-corrected chi connectivity index (χ1v) is 6.40. The fraction of sp³-hybridized carbons (Fsp3) is 0.385. The van der Waals surface area contributed by atoms with Crippen LogP contribution in [-0.2, 0) is 16.0 Å². The lowest BCUT2D eigenvalue weighted by Gasteiger charge is -2.15. The fourth-order valence-corrected chi connectivity index (χ4v) is 2.07. The van der Waals surface area contributed by atoms with Gasteiger partial charge in [-0.2, -0.15) is 5.10 Å². The van der Waals surface area contributed by atoms with Crippen LogP contribution in [0.25, 0.3) is 0 Å². The minimum atomic E-state index is -0.795. The monoisotopic (exact) mass is 291 g/mol. The molecule has 0 bridgehead atoms. The van der Waals surface area contributed by atoms with Crippen LogP contribution in [0.2, 0.25) is 0 Å². The Balaban J connectivity index is 2.15. The molecule has 1 atom stereocenters. The summed E-state index contributed by atoms with van der Waals surface area (Å²) in [6.07, 6.45) is 3.38. The number of hydrogen-bond acceptors (Lipinski definition) is 5. The number of carbonyl (C=O) groups is 2. The van der Waals surface area contributed by atoms with Crippen LogP contribution in [0.5, 0.6) is 0 Å². The maximum absolute atomic E-state index is 12.3. The van der Waals surface area contributed by atoms with Crippen molar-refractivity contribution in [3.8, 4) is 0 Å². The quantitative estimate of drug-likeness (QED) is 0.684. The molecule has 21 heavy (non-hydrogen) atoms. The first kappa shape index (κ1) is 14.8. The van der Waals surface area contributed by atoms with Gasteiger partial charge in [0.25, 0.3) is 5.91 Å². The Bertz CT molecular complexity index is 613. The van der Waals surface area contributed by atoms with Crippen molar-refractivity contribution in [2.75, 3.05) is 7.11 Å². The molecular formula is C13H17N5O3. The molecule has 8 heteroatoms. The summed E-state index contributed by atoms with van der Waals surface area (Å²) in [4.78, 5) is 30.9. The molecule has 0 unspecified atom stereocenters. The number of aromatic amines is 2. The molecule has 3 N–H and O–H groups in total. The maximum atomic E-state index is 12.3. The molecule has 0 spiro atoms. The molecule has 0 aromatic carbocycles. The molecule has 2 aromatic heterocycles. The zero-order valence-corrected chi connectivity index (χ0v) is 12.1. The molecule has 8 nitrogen and oxygen atoms in total. The molecule has 0 saturated carbocycles. The van der Waals surface area contributed by atoms with Crippen LogP contribution in [0.1, 0.15) is 27.4 Å². The van der Waals surface area contributed by atoms with E-state index in [1.807, 2.05) is 0 Å². The number of aryl methyl sites for hydroxylation is 2. The van der Waals surface area contributed by atoms with Gasteiger partial charge in [0, 0.05) is 24.0 Å². The largest absolute Gasteiger partial charge is 0.467 e. The number of nitrogens with zero attached hydrogens (tertiary/aromatic N) is 2. The van der Waals surface area contributed by atoms with Crippen molar-refractivity contribution in [1.82, 2.24) is 25.5 Å². The molecule has 0 aliphatic rings. The standard InChI is InChI=1S/C13H17N5O3/c1-7-11(8(2)18-17-7)12(19)16-10(13(20)21-3)4-9-5-14-6-15-9/h5-6,10H,4H2,1-3H3,(H,14,15)(H,16,19)(H,17,18)/t10-/m0/s1. The predicted molar refractivity (Wildman–Crippen MR) is 73.6 cm³/mol. The number of imidazole rings is 1. The number of H-pyrrole nitrogens is 2.